The van der Waals surface area contributed by atoms with Crippen LogP contribution >= 0.6 is 0 Å². The summed E-state index contributed by atoms with van der Waals surface area (Å²) < 4.78 is 11.1. The standard InChI is InChI=1S/C14H23N3O2/c1-3-7-19-14-12(15)5-6-13(17-14)16-10-8-11(9-10)18-4-2/h5-6,10-11H,3-4,7-9,15H2,1-2H3,(H,16,17). The molecule has 2 rings (SSSR count). The first-order valence-electron chi connectivity index (χ1n) is 7.00. The molecule has 0 unspecified atom stereocenters. The number of rotatable bonds is 7. The average molecular weight is 265 g/mol. The molecule has 106 valence electrons. The Morgan fingerprint density at radius 1 is 1.37 bits per heavy atom. The zero-order chi connectivity index (χ0) is 13.7. The molecule has 1 aliphatic rings. The van der Waals surface area contributed by atoms with Crippen LogP contribution in [-0.2, 0) is 4.74 Å². The van der Waals surface area contributed by atoms with Gasteiger partial charge in [0.2, 0.25) is 5.88 Å². The number of nitrogen functional groups attached to an aromatic ring is 1. The highest BCUT2D eigenvalue weighted by atomic mass is 16.5. The fourth-order valence-electron chi connectivity index (χ4n) is 2.11. The van der Waals surface area contributed by atoms with Crippen LogP contribution in [0.2, 0.25) is 0 Å². The van der Waals surface area contributed by atoms with Crippen molar-refractivity contribution in [2.24, 2.45) is 0 Å². The van der Waals surface area contributed by atoms with Gasteiger partial charge in [0.05, 0.1) is 18.4 Å². The summed E-state index contributed by atoms with van der Waals surface area (Å²) in [4.78, 5) is 4.40. The predicted molar refractivity (Wildman–Crippen MR) is 76.5 cm³/mol. The molecule has 5 heteroatoms. The normalized spacial score (nSPS) is 21.8. The minimum atomic E-state index is 0.395. The third-order valence-electron chi connectivity index (χ3n) is 3.18. The highest BCUT2D eigenvalue weighted by Gasteiger charge is 2.29. The molecule has 1 aromatic rings. The van der Waals surface area contributed by atoms with Gasteiger partial charge in [-0.15, -0.1) is 0 Å². The van der Waals surface area contributed by atoms with Crippen LogP contribution in [0.25, 0.3) is 0 Å². The Bertz CT molecular complexity index is 406. The Balaban J connectivity index is 1.87. The van der Waals surface area contributed by atoms with E-state index in [1.807, 2.05) is 19.1 Å². The molecule has 0 radical (unpaired) electrons. The maximum atomic E-state index is 5.83. The topological polar surface area (TPSA) is 69.4 Å². The summed E-state index contributed by atoms with van der Waals surface area (Å²) in [5.41, 5.74) is 6.42. The minimum Gasteiger partial charge on any atom is -0.476 e. The van der Waals surface area contributed by atoms with Crippen LogP contribution in [0, 0.1) is 0 Å². The van der Waals surface area contributed by atoms with Crippen molar-refractivity contribution in [3.8, 4) is 5.88 Å². The fourth-order valence-corrected chi connectivity index (χ4v) is 2.11. The Kier molecular flexibility index (Phi) is 4.85. The van der Waals surface area contributed by atoms with Crippen LogP contribution in [0.5, 0.6) is 5.88 Å². The molecular formula is C14H23N3O2. The smallest absolute Gasteiger partial charge is 0.239 e. The lowest BCUT2D eigenvalue weighted by Crippen LogP contribution is -2.41. The summed E-state index contributed by atoms with van der Waals surface area (Å²) in [6.07, 6.45) is 3.40. The molecule has 0 amide bonds. The highest BCUT2D eigenvalue weighted by molar-refractivity contribution is 5.54. The predicted octanol–water partition coefficient (Wildman–Crippen LogP) is 2.43. The number of aromatic nitrogens is 1. The number of hydrogen-bond donors (Lipinski definition) is 2. The molecule has 0 saturated heterocycles. The lowest BCUT2D eigenvalue weighted by Gasteiger charge is -2.35. The van der Waals surface area contributed by atoms with Crippen LogP contribution in [0.4, 0.5) is 11.5 Å². The van der Waals surface area contributed by atoms with Gasteiger partial charge in [0.1, 0.15) is 5.82 Å². The van der Waals surface area contributed by atoms with Crippen molar-refractivity contribution in [1.82, 2.24) is 4.98 Å². The van der Waals surface area contributed by atoms with Crippen LogP contribution in [-0.4, -0.2) is 30.3 Å². The van der Waals surface area contributed by atoms with E-state index in [1.165, 1.54) is 0 Å². The van der Waals surface area contributed by atoms with E-state index >= 15 is 0 Å². The van der Waals surface area contributed by atoms with Gasteiger partial charge in [-0.25, -0.2) is 0 Å². The summed E-state index contributed by atoms with van der Waals surface area (Å²) in [5.74, 6) is 1.34. The van der Waals surface area contributed by atoms with Crippen LogP contribution in [0.1, 0.15) is 33.1 Å². The van der Waals surface area contributed by atoms with Crippen molar-refractivity contribution < 1.29 is 9.47 Å². The maximum Gasteiger partial charge on any atom is 0.239 e. The van der Waals surface area contributed by atoms with E-state index in [4.69, 9.17) is 15.2 Å². The molecule has 0 aromatic carbocycles. The third kappa shape index (κ3) is 3.73. The first kappa shape index (κ1) is 13.9. The molecule has 1 aromatic heterocycles. The Hall–Kier alpha value is -1.49. The number of anilines is 2. The molecule has 0 atom stereocenters. The Morgan fingerprint density at radius 2 is 2.16 bits per heavy atom. The van der Waals surface area contributed by atoms with Crippen LogP contribution in [0.3, 0.4) is 0 Å². The van der Waals surface area contributed by atoms with Gasteiger partial charge in [-0.1, -0.05) is 6.92 Å². The molecule has 1 saturated carbocycles. The highest BCUT2D eigenvalue weighted by Crippen LogP contribution is 2.28. The second-order valence-electron chi connectivity index (χ2n) is 4.83. The Labute approximate surface area is 114 Å². The first-order chi connectivity index (χ1) is 9.22. The zero-order valence-electron chi connectivity index (χ0n) is 11.7. The van der Waals surface area contributed by atoms with E-state index in [0.717, 1.165) is 31.7 Å². The van der Waals surface area contributed by atoms with Gasteiger partial charge >= 0.3 is 0 Å². The van der Waals surface area contributed by atoms with Crippen LogP contribution < -0.4 is 15.8 Å². The van der Waals surface area contributed by atoms with Crippen molar-refractivity contribution in [2.45, 2.75) is 45.3 Å². The number of ether oxygens (including phenoxy) is 2. The number of nitrogens with one attached hydrogen (secondary N) is 1. The maximum absolute atomic E-state index is 5.83. The van der Waals surface area contributed by atoms with Crippen LogP contribution in [0.15, 0.2) is 12.1 Å². The lowest BCUT2D eigenvalue weighted by atomic mass is 9.89. The molecular weight excluding hydrogens is 242 g/mol. The molecule has 1 fully saturated rings. The molecule has 5 nitrogen and oxygen atoms in total. The molecule has 1 heterocycles. The SMILES string of the molecule is CCCOc1nc(NC2CC(OCC)C2)ccc1N. The third-order valence-corrected chi connectivity index (χ3v) is 3.18. The quantitative estimate of drug-likeness (QED) is 0.792. The lowest BCUT2D eigenvalue weighted by molar-refractivity contribution is 0.00292. The molecule has 19 heavy (non-hydrogen) atoms. The fraction of sp³-hybridized carbons (Fsp3) is 0.643. The van der Waals surface area contributed by atoms with Crippen molar-refractivity contribution in [1.29, 1.82) is 0 Å². The largest absolute Gasteiger partial charge is 0.476 e. The summed E-state index contributed by atoms with van der Waals surface area (Å²) in [6, 6.07) is 4.16. The van der Waals surface area contributed by atoms with Gasteiger partial charge in [-0.05, 0) is 38.3 Å². The van der Waals surface area contributed by atoms with E-state index in [-0.39, 0.29) is 0 Å². The second kappa shape index (κ2) is 6.61. The summed E-state index contributed by atoms with van der Waals surface area (Å²) in [5, 5.41) is 3.38. The monoisotopic (exact) mass is 265 g/mol. The van der Waals surface area contributed by atoms with E-state index in [2.05, 4.69) is 17.2 Å². The van der Waals surface area contributed by atoms with Crippen molar-refractivity contribution in [2.75, 3.05) is 24.3 Å². The molecule has 0 spiro atoms. The Morgan fingerprint density at radius 3 is 2.84 bits per heavy atom. The number of nitrogens with two attached hydrogens (primary N) is 1. The molecule has 1 aliphatic carbocycles. The van der Waals surface area contributed by atoms with Crippen molar-refractivity contribution in [3.05, 3.63) is 12.1 Å². The van der Waals surface area contributed by atoms with E-state index < -0.39 is 0 Å². The van der Waals surface area contributed by atoms with Gasteiger partial charge in [0.25, 0.3) is 0 Å². The molecule has 0 aliphatic heterocycles. The van der Waals surface area contributed by atoms with Gasteiger partial charge in [0, 0.05) is 12.6 Å². The summed E-state index contributed by atoms with van der Waals surface area (Å²) in [6.45, 7) is 5.50. The number of pyridine rings is 1. The zero-order valence-corrected chi connectivity index (χ0v) is 11.7. The summed E-state index contributed by atoms with van der Waals surface area (Å²) >= 11 is 0. The number of nitrogens with zero attached hydrogens (tertiary/aromatic N) is 1. The van der Waals surface area contributed by atoms with Crippen molar-refractivity contribution >= 4 is 11.5 Å². The van der Waals surface area contributed by atoms with E-state index in [0.29, 0.717) is 30.3 Å². The van der Waals surface area contributed by atoms with Crippen molar-refractivity contribution in [3.63, 3.8) is 0 Å². The molecule has 3 N–H and O–H groups in total. The van der Waals surface area contributed by atoms with Gasteiger partial charge in [-0.2, -0.15) is 4.98 Å². The van der Waals surface area contributed by atoms with E-state index in [1.54, 1.807) is 0 Å². The van der Waals surface area contributed by atoms with E-state index in [9.17, 15) is 0 Å². The average Bonchev–Trinajstić information content (AvgIpc) is 2.36. The van der Waals surface area contributed by atoms with Gasteiger partial charge in [-0.3, -0.25) is 0 Å². The molecule has 0 bridgehead atoms. The minimum absolute atomic E-state index is 0.395. The number of hydrogen-bond acceptors (Lipinski definition) is 5. The summed E-state index contributed by atoms with van der Waals surface area (Å²) in [7, 11) is 0. The first-order valence-corrected chi connectivity index (χ1v) is 7.00. The van der Waals surface area contributed by atoms with Gasteiger partial charge < -0.3 is 20.5 Å². The van der Waals surface area contributed by atoms with Gasteiger partial charge in [0.15, 0.2) is 0 Å². The second-order valence-corrected chi connectivity index (χ2v) is 4.83.